The molecule has 2 aromatic carbocycles. The third-order valence-electron chi connectivity index (χ3n) is 3.84. The summed E-state index contributed by atoms with van der Waals surface area (Å²) < 4.78 is 10.5. The van der Waals surface area contributed by atoms with Gasteiger partial charge in [0.1, 0.15) is 11.5 Å². The third kappa shape index (κ3) is 4.63. The monoisotopic (exact) mass is 320 g/mol. The Kier molecular flexibility index (Phi) is 6.44. The smallest absolute Gasteiger partial charge is 0.119 e. The molecule has 0 spiro atoms. The molecule has 0 unspecified atom stereocenters. The van der Waals surface area contributed by atoms with E-state index in [1.807, 2.05) is 30.3 Å². The van der Waals surface area contributed by atoms with Gasteiger partial charge in [0.05, 0.1) is 14.2 Å². The highest BCUT2D eigenvalue weighted by atomic mass is 16.5. The quantitative estimate of drug-likeness (QED) is 0.594. The van der Waals surface area contributed by atoms with E-state index in [1.165, 1.54) is 5.56 Å². The fraction of sp³-hybridized carbons (Fsp3) is 0.182. The second-order valence-corrected chi connectivity index (χ2v) is 5.50. The van der Waals surface area contributed by atoms with E-state index in [9.17, 15) is 0 Å². The van der Waals surface area contributed by atoms with Gasteiger partial charge in [0.15, 0.2) is 0 Å². The Hall–Kier alpha value is -2.74. The Balaban J connectivity index is 2.19. The largest absolute Gasteiger partial charge is 0.497 e. The number of benzene rings is 2. The van der Waals surface area contributed by atoms with E-state index >= 15 is 0 Å². The maximum atomic E-state index is 5.34. The Labute approximate surface area is 144 Å². The number of rotatable bonds is 8. The molecule has 0 aliphatic rings. The van der Waals surface area contributed by atoms with Crippen LogP contribution in [0.25, 0.3) is 11.6 Å². The number of ether oxygens (including phenoxy) is 2. The summed E-state index contributed by atoms with van der Waals surface area (Å²) >= 11 is 0. The van der Waals surface area contributed by atoms with Crippen molar-refractivity contribution in [2.24, 2.45) is 0 Å². The molecule has 0 bridgehead atoms. The molecule has 0 atom stereocenters. The van der Waals surface area contributed by atoms with Crippen molar-refractivity contribution in [3.63, 3.8) is 0 Å². The van der Waals surface area contributed by atoms with Crippen LogP contribution >= 0.6 is 0 Å². The van der Waals surface area contributed by atoms with Crippen LogP contribution in [0.2, 0.25) is 0 Å². The van der Waals surface area contributed by atoms with Crippen LogP contribution in [0, 0.1) is 0 Å². The molecule has 0 radical (unpaired) electrons. The van der Waals surface area contributed by atoms with Crippen molar-refractivity contribution in [2.45, 2.75) is 12.8 Å². The molecule has 2 heteroatoms. The van der Waals surface area contributed by atoms with E-state index in [1.54, 1.807) is 14.2 Å². The Morgan fingerprint density at radius 3 is 2.29 bits per heavy atom. The van der Waals surface area contributed by atoms with Crippen molar-refractivity contribution in [1.82, 2.24) is 0 Å². The highest BCUT2D eigenvalue weighted by Crippen LogP contribution is 2.26. The molecular weight excluding hydrogens is 296 g/mol. The zero-order chi connectivity index (χ0) is 17.4. The normalized spacial score (nSPS) is 10.6. The predicted octanol–water partition coefficient (Wildman–Crippen LogP) is 5.55. The van der Waals surface area contributed by atoms with Crippen LogP contribution in [-0.2, 0) is 6.42 Å². The molecule has 0 aliphatic carbocycles. The summed E-state index contributed by atoms with van der Waals surface area (Å²) in [5.74, 6) is 1.72. The maximum Gasteiger partial charge on any atom is 0.119 e. The zero-order valence-corrected chi connectivity index (χ0v) is 14.4. The van der Waals surface area contributed by atoms with Crippen molar-refractivity contribution >= 4 is 11.6 Å². The molecule has 0 aliphatic heterocycles. The summed E-state index contributed by atoms with van der Waals surface area (Å²) in [4.78, 5) is 0. The Bertz CT molecular complexity index is 724. The van der Waals surface area contributed by atoms with E-state index in [-0.39, 0.29) is 0 Å². The minimum atomic E-state index is 0.769. The summed E-state index contributed by atoms with van der Waals surface area (Å²) in [7, 11) is 3.35. The van der Waals surface area contributed by atoms with Gasteiger partial charge in [-0.1, -0.05) is 43.0 Å². The molecule has 0 N–H and O–H groups in total. The predicted molar refractivity (Wildman–Crippen MR) is 103 cm³/mol. The number of hydrogen-bond donors (Lipinski definition) is 0. The Morgan fingerprint density at radius 2 is 1.67 bits per heavy atom. The second kappa shape index (κ2) is 8.78. The fourth-order valence-corrected chi connectivity index (χ4v) is 2.50. The van der Waals surface area contributed by atoms with Crippen molar-refractivity contribution < 1.29 is 9.47 Å². The second-order valence-electron chi connectivity index (χ2n) is 5.50. The maximum absolute atomic E-state index is 5.34. The van der Waals surface area contributed by atoms with E-state index in [0.29, 0.717) is 0 Å². The first-order valence-corrected chi connectivity index (χ1v) is 7.94. The summed E-state index contributed by atoms with van der Waals surface area (Å²) in [6, 6.07) is 14.2. The van der Waals surface area contributed by atoms with Gasteiger partial charge >= 0.3 is 0 Å². The van der Waals surface area contributed by atoms with Crippen LogP contribution < -0.4 is 9.47 Å². The van der Waals surface area contributed by atoms with Crippen LogP contribution in [0.5, 0.6) is 11.5 Å². The highest BCUT2D eigenvalue weighted by Gasteiger charge is 2.05. The van der Waals surface area contributed by atoms with Crippen molar-refractivity contribution in [2.75, 3.05) is 14.2 Å². The van der Waals surface area contributed by atoms with Gasteiger partial charge in [-0.3, -0.25) is 0 Å². The topological polar surface area (TPSA) is 18.5 Å². The lowest BCUT2D eigenvalue weighted by molar-refractivity contribution is 0.414. The molecule has 2 rings (SSSR count). The first-order chi connectivity index (χ1) is 11.7. The minimum absolute atomic E-state index is 0.769. The SMILES string of the molecule is C=CCC(=C)c1ccc(OC)cc1/C=C\Cc1ccc(OC)cc1. The molecule has 0 fully saturated rings. The molecule has 2 aromatic rings. The average molecular weight is 320 g/mol. The average Bonchev–Trinajstić information content (AvgIpc) is 2.62. The van der Waals surface area contributed by atoms with Crippen molar-refractivity contribution in [3.8, 4) is 11.5 Å². The van der Waals surface area contributed by atoms with Gasteiger partial charge in [-0.05, 0) is 59.4 Å². The standard InChI is InChI=1S/C22H24O2/c1-5-7-17(2)22-15-14-21(24-4)16-19(22)9-6-8-18-10-12-20(23-3)13-11-18/h5-6,9-16H,1-2,7-8H2,3-4H3/b9-6-. The third-order valence-corrected chi connectivity index (χ3v) is 3.84. The van der Waals surface area contributed by atoms with E-state index in [2.05, 4.69) is 43.5 Å². The highest BCUT2D eigenvalue weighted by molar-refractivity contribution is 5.74. The van der Waals surface area contributed by atoms with E-state index in [0.717, 1.165) is 41.0 Å². The van der Waals surface area contributed by atoms with Crippen LogP contribution in [0.4, 0.5) is 0 Å². The van der Waals surface area contributed by atoms with Crippen molar-refractivity contribution in [3.05, 3.63) is 84.5 Å². The van der Waals surface area contributed by atoms with Gasteiger partial charge in [-0.15, -0.1) is 6.58 Å². The summed E-state index contributed by atoms with van der Waals surface area (Å²) in [6.45, 7) is 7.95. The molecule has 24 heavy (non-hydrogen) atoms. The summed E-state index contributed by atoms with van der Waals surface area (Å²) in [5, 5.41) is 0. The van der Waals surface area contributed by atoms with Crippen molar-refractivity contribution in [1.29, 1.82) is 0 Å². The van der Waals surface area contributed by atoms with Gasteiger partial charge in [0.2, 0.25) is 0 Å². The van der Waals surface area contributed by atoms with Gasteiger partial charge in [0, 0.05) is 0 Å². The Morgan fingerprint density at radius 1 is 1.00 bits per heavy atom. The molecule has 0 aromatic heterocycles. The van der Waals surface area contributed by atoms with Crippen LogP contribution in [0.15, 0.2) is 67.8 Å². The molecular formula is C22H24O2. The number of hydrogen-bond acceptors (Lipinski definition) is 2. The zero-order valence-electron chi connectivity index (χ0n) is 14.4. The van der Waals surface area contributed by atoms with Crippen LogP contribution in [0.1, 0.15) is 23.1 Å². The molecule has 0 amide bonds. The summed E-state index contributed by atoms with van der Waals surface area (Å²) in [5.41, 5.74) is 4.52. The summed E-state index contributed by atoms with van der Waals surface area (Å²) in [6.07, 6.45) is 7.77. The molecule has 124 valence electrons. The lowest BCUT2D eigenvalue weighted by atomic mass is 9.97. The fourth-order valence-electron chi connectivity index (χ4n) is 2.50. The molecule has 0 saturated carbocycles. The number of methoxy groups -OCH3 is 2. The van der Waals surface area contributed by atoms with Gasteiger partial charge in [0.25, 0.3) is 0 Å². The van der Waals surface area contributed by atoms with E-state index < -0.39 is 0 Å². The molecule has 2 nitrogen and oxygen atoms in total. The lowest BCUT2D eigenvalue weighted by Gasteiger charge is -2.10. The lowest BCUT2D eigenvalue weighted by Crippen LogP contribution is -1.91. The molecule has 0 saturated heterocycles. The van der Waals surface area contributed by atoms with Gasteiger partial charge < -0.3 is 9.47 Å². The van der Waals surface area contributed by atoms with Crippen LogP contribution in [-0.4, -0.2) is 14.2 Å². The molecule has 0 heterocycles. The first kappa shape index (κ1) is 17.6. The minimum Gasteiger partial charge on any atom is -0.497 e. The van der Waals surface area contributed by atoms with Gasteiger partial charge in [-0.25, -0.2) is 0 Å². The first-order valence-electron chi connectivity index (χ1n) is 7.94. The van der Waals surface area contributed by atoms with Crippen LogP contribution in [0.3, 0.4) is 0 Å². The number of allylic oxidation sites excluding steroid dienone is 3. The van der Waals surface area contributed by atoms with Gasteiger partial charge in [-0.2, -0.15) is 0 Å². The van der Waals surface area contributed by atoms with E-state index in [4.69, 9.17) is 9.47 Å².